The number of nitrogens with zero attached hydrogens (tertiary/aromatic N) is 3. The molecule has 5 nitrogen and oxygen atoms in total. The van der Waals surface area contributed by atoms with E-state index in [0.717, 1.165) is 50.4 Å². The first-order valence-electron chi connectivity index (χ1n) is 7.86. The first kappa shape index (κ1) is 14.3. The van der Waals surface area contributed by atoms with Gasteiger partial charge in [0.2, 0.25) is 0 Å². The minimum Gasteiger partial charge on any atom is -0.375 e. The maximum atomic E-state index is 5.91. The van der Waals surface area contributed by atoms with Crippen LogP contribution in [0.15, 0.2) is 12.5 Å². The van der Waals surface area contributed by atoms with Crippen LogP contribution < -0.4 is 4.90 Å². The summed E-state index contributed by atoms with van der Waals surface area (Å²) in [4.78, 5) is 14.5. The number of piperidine rings is 1. The van der Waals surface area contributed by atoms with E-state index < -0.39 is 0 Å². The van der Waals surface area contributed by atoms with E-state index in [1.807, 2.05) is 0 Å². The summed E-state index contributed by atoms with van der Waals surface area (Å²) in [7, 11) is 0. The van der Waals surface area contributed by atoms with Crippen LogP contribution in [0.4, 0.5) is 5.82 Å². The molecule has 1 fully saturated rings. The minimum absolute atomic E-state index is 0.0170. The minimum atomic E-state index is 0.0170. The molecule has 0 radical (unpaired) electrons. The van der Waals surface area contributed by atoms with Crippen molar-refractivity contribution in [2.24, 2.45) is 0 Å². The van der Waals surface area contributed by atoms with Crippen LogP contribution in [0.1, 0.15) is 39.2 Å². The van der Waals surface area contributed by atoms with Gasteiger partial charge in [-0.3, -0.25) is 0 Å². The highest BCUT2D eigenvalue weighted by Gasteiger charge is 2.31. The molecule has 0 saturated carbocycles. The lowest BCUT2D eigenvalue weighted by molar-refractivity contribution is -0.0414. The highest BCUT2D eigenvalue weighted by Crippen LogP contribution is 2.32. The maximum absolute atomic E-state index is 5.91. The fourth-order valence-electron chi connectivity index (χ4n) is 3.21. The van der Waals surface area contributed by atoms with Gasteiger partial charge in [-0.15, -0.1) is 0 Å². The Labute approximate surface area is 125 Å². The van der Waals surface area contributed by atoms with E-state index in [-0.39, 0.29) is 5.60 Å². The van der Waals surface area contributed by atoms with Crippen LogP contribution in [0, 0.1) is 0 Å². The lowest BCUT2D eigenvalue weighted by Gasteiger charge is -2.39. The van der Waals surface area contributed by atoms with Crippen molar-refractivity contribution < 1.29 is 4.74 Å². The highest BCUT2D eigenvalue weighted by atomic mass is 16.5. The van der Waals surface area contributed by atoms with E-state index in [4.69, 9.17) is 4.74 Å². The fourth-order valence-corrected chi connectivity index (χ4v) is 3.21. The number of nitrogens with one attached hydrogen (secondary N) is 1. The normalized spacial score (nSPS) is 18.3. The molecule has 2 aromatic rings. The van der Waals surface area contributed by atoms with Gasteiger partial charge in [0.15, 0.2) is 0 Å². The van der Waals surface area contributed by atoms with E-state index in [2.05, 4.69) is 46.8 Å². The first-order valence-corrected chi connectivity index (χ1v) is 7.86. The van der Waals surface area contributed by atoms with Gasteiger partial charge >= 0.3 is 0 Å². The van der Waals surface area contributed by atoms with Crippen LogP contribution in [-0.4, -0.2) is 40.2 Å². The predicted molar refractivity (Wildman–Crippen MR) is 84.7 cm³/mol. The number of H-pyrrole nitrogens is 1. The highest BCUT2D eigenvalue weighted by molar-refractivity contribution is 5.90. The fraction of sp³-hybridized carbons (Fsp3) is 0.625. The van der Waals surface area contributed by atoms with Crippen molar-refractivity contribution in [3.05, 3.63) is 18.1 Å². The number of aryl methyl sites for hydroxylation is 1. The zero-order chi connectivity index (χ0) is 14.9. The Kier molecular flexibility index (Phi) is 3.85. The second-order valence-corrected chi connectivity index (χ2v) is 5.96. The molecule has 1 N–H and O–H groups in total. The predicted octanol–water partition coefficient (Wildman–Crippen LogP) is 2.92. The molecule has 0 unspecified atom stereocenters. The van der Waals surface area contributed by atoms with Crippen molar-refractivity contribution in [3.63, 3.8) is 0 Å². The van der Waals surface area contributed by atoms with E-state index in [1.165, 1.54) is 10.9 Å². The third-order valence-corrected chi connectivity index (χ3v) is 4.53. The molecule has 3 heterocycles. The Morgan fingerprint density at radius 1 is 1.29 bits per heavy atom. The van der Waals surface area contributed by atoms with Gasteiger partial charge in [0.1, 0.15) is 17.8 Å². The summed E-state index contributed by atoms with van der Waals surface area (Å²) in [5.41, 5.74) is 2.25. The van der Waals surface area contributed by atoms with Crippen molar-refractivity contribution in [1.29, 1.82) is 0 Å². The molecule has 1 saturated heterocycles. The summed E-state index contributed by atoms with van der Waals surface area (Å²) in [6.45, 7) is 9.21. The molecule has 0 aliphatic carbocycles. The Hall–Kier alpha value is -1.62. The zero-order valence-corrected chi connectivity index (χ0v) is 13.1. The quantitative estimate of drug-likeness (QED) is 0.940. The average molecular weight is 288 g/mol. The van der Waals surface area contributed by atoms with E-state index in [9.17, 15) is 0 Å². The van der Waals surface area contributed by atoms with Gasteiger partial charge in [-0.05, 0) is 38.7 Å². The van der Waals surface area contributed by atoms with Gasteiger partial charge < -0.3 is 14.6 Å². The van der Waals surface area contributed by atoms with Crippen LogP contribution >= 0.6 is 0 Å². The number of aromatic nitrogens is 3. The molecule has 1 aliphatic heterocycles. The molecule has 0 amide bonds. The van der Waals surface area contributed by atoms with Crippen LogP contribution in [0.3, 0.4) is 0 Å². The summed E-state index contributed by atoms with van der Waals surface area (Å²) >= 11 is 0. The van der Waals surface area contributed by atoms with Crippen molar-refractivity contribution in [2.45, 2.75) is 45.6 Å². The van der Waals surface area contributed by atoms with Gasteiger partial charge in [-0.1, -0.05) is 6.92 Å². The summed E-state index contributed by atoms with van der Waals surface area (Å²) in [5, 5.41) is 1.18. The maximum Gasteiger partial charge on any atom is 0.143 e. The van der Waals surface area contributed by atoms with Crippen LogP contribution in [0.5, 0.6) is 0 Å². The molecule has 21 heavy (non-hydrogen) atoms. The number of aromatic amines is 1. The molecule has 0 bridgehead atoms. The van der Waals surface area contributed by atoms with Crippen LogP contribution in [-0.2, 0) is 11.2 Å². The number of rotatable bonds is 4. The van der Waals surface area contributed by atoms with Crippen molar-refractivity contribution in [3.8, 4) is 0 Å². The molecule has 2 aromatic heterocycles. The number of hydrogen-bond donors (Lipinski definition) is 1. The van der Waals surface area contributed by atoms with E-state index in [1.54, 1.807) is 6.33 Å². The topological polar surface area (TPSA) is 54.0 Å². The summed E-state index contributed by atoms with van der Waals surface area (Å²) in [6, 6.07) is 0. The van der Waals surface area contributed by atoms with Gasteiger partial charge in [0, 0.05) is 25.9 Å². The first-order chi connectivity index (χ1) is 10.2. The van der Waals surface area contributed by atoms with E-state index >= 15 is 0 Å². The van der Waals surface area contributed by atoms with Crippen molar-refractivity contribution in [2.75, 3.05) is 24.6 Å². The van der Waals surface area contributed by atoms with E-state index in [0.29, 0.717) is 0 Å². The standard InChI is InChI=1S/C16H24N4O/c1-4-12-10-17-14-13(12)15(19-11-18-14)20-8-6-16(3,7-9-20)21-5-2/h10-11H,4-9H2,1-3H3,(H,17,18,19). The Morgan fingerprint density at radius 3 is 2.71 bits per heavy atom. The van der Waals surface area contributed by atoms with Gasteiger partial charge in [-0.25, -0.2) is 9.97 Å². The second-order valence-electron chi connectivity index (χ2n) is 5.96. The van der Waals surface area contributed by atoms with Crippen molar-refractivity contribution >= 4 is 16.9 Å². The average Bonchev–Trinajstić information content (AvgIpc) is 2.91. The summed E-state index contributed by atoms with van der Waals surface area (Å²) in [5.74, 6) is 1.07. The summed E-state index contributed by atoms with van der Waals surface area (Å²) in [6.07, 6.45) is 6.78. The molecule has 0 atom stereocenters. The molecule has 5 heteroatoms. The zero-order valence-electron chi connectivity index (χ0n) is 13.1. The molecule has 0 spiro atoms. The molecule has 114 valence electrons. The molecular formula is C16H24N4O. The molecule has 0 aromatic carbocycles. The SMILES string of the molecule is CCOC1(C)CCN(c2ncnc3[nH]cc(CC)c23)CC1. The third-order valence-electron chi connectivity index (χ3n) is 4.53. The smallest absolute Gasteiger partial charge is 0.143 e. The Balaban J connectivity index is 1.87. The monoisotopic (exact) mass is 288 g/mol. The van der Waals surface area contributed by atoms with Crippen LogP contribution in [0.25, 0.3) is 11.0 Å². The lowest BCUT2D eigenvalue weighted by Crippen LogP contribution is -2.44. The number of anilines is 1. The molecule has 1 aliphatic rings. The lowest BCUT2D eigenvalue weighted by atomic mass is 9.93. The van der Waals surface area contributed by atoms with Gasteiger partial charge in [-0.2, -0.15) is 0 Å². The van der Waals surface area contributed by atoms with Gasteiger partial charge in [0.25, 0.3) is 0 Å². The third kappa shape index (κ3) is 2.62. The van der Waals surface area contributed by atoms with Crippen molar-refractivity contribution in [1.82, 2.24) is 15.0 Å². The number of ether oxygens (including phenoxy) is 1. The number of hydrogen-bond acceptors (Lipinski definition) is 4. The molecule has 3 rings (SSSR count). The Morgan fingerprint density at radius 2 is 2.05 bits per heavy atom. The van der Waals surface area contributed by atoms with Gasteiger partial charge in [0.05, 0.1) is 11.0 Å². The number of fused-ring (bicyclic) bond motifs is 1. The largest absolute Gasteiger partial charge is 0.375 e. The Bertz CT molecular complexity index is 614. The molecular weight excluding hydrogens is 264 g/mol. The summed E-state index contributed by atoms with van der Waals surface area (Å²) < 4.78 is 5.91. The second kappa shape index (κ2) is 5.64. The van der Waals surface area contributed by atoms with Crippen LogP contribution in [0.2, 0.25) is 0 Å².